The fourth-order valence-electron chi connectivity index (χ4n) is 6.92. The summed E-state index contributed by atoms with van der Waals surface area (Å²) in [5.41, 5.74) is 4.20. The Kier molecular flexibility index (Phi) is 21.8. The van der Waals surface area contributed by atoms with Crippen molar-refractivity contribution in [3.05, 3.63) is 60.7 Å². The van der Waals surface area contributed by atoms with Gasteiger partial charge >= 0.3 is 313 Å². The van der Waals surface area contributed by atoms with Crippen molar-refractivity contribution in [3.8, 4) is 92.9 Å². The summed E-state index contributed by atoms with van der Waals surface area (Å²) in [4.78, 5) is 0. The molecule has 0 amide bonds. The Morgan fingerprint density at radius 1 is 0.393 bits per heavy atom. The Morgan fingerprint density at radius 2 is 0.679 bits per heavy atom. The zero-order chi connectivity index (χ0) is 40.5. The summed E-state index contributed by atoms with van der Waals surface area (Å²) < 4.78 is 36.8. The third kappa shape index (κ3) is 13.7. The summed E-state index contributed by atoms with van der Waals surface area (Å²) in [7, 11) is 0. The van der Waals surface area contributed by atoms with Crippen LogP contribution in [0, 0.1) is 59.1 Å². The molecular weight excluding hydrogens is 894 g/mol. The van der Waals surface area contributed by atoms with Gasteiger partial charge in [-0.2, -0.15) is 0 Å². The van der Waals surface area contributed by atoms with Crippen molar-refractivity contribution in [2.45, 2.75) is 132 Å². The summed E-state index contributed by atoms with van der Waals surface area (Å²) in [6.07, 6.45) is 14.5. The molecule has 56 heavy (non-hydrogen) atoms. The Bertz CT molecular complexity index is 1820. The Balaban J connectivity index is 2.18. The third-order valence-electron chi connectivity index (χ3n) is 9.73. The second-order valence-corrected chi connectivity index (χ2v) is 30.1. The van der Waals surface area contributed by atoms with Crippen molar-refractivity contribution in [2.75, 3.05) is 13.2 Å². The van der Waals surface area contributed by atoms with E-state index in [-0.39, 0.29) is 0 Å². The van der Waals surface area contributed by atoms with Crippen LogP contribution in [0.3, 0.4) is 0 Å². The van der Waals surface area contributed by atoms with Crippen LogP contribution in [0.1, 0.15) is 132 Å². The molecular formula is C52H62O2Sn2. The molecule has 0 saturated heterocycles. The normalized spacial score (nSPS) is 10.3. The van der Waals surface area contributed by atoms with Gasteiger partial charge in [0.2, 0.25) is 0 Å². The molecule has 0 aliphatic heterocycles. The molecule has 0 spiro atoms. The second-order valence-electron chi connectivity index (χ2n) is 14.0. The molecule has 0 N–H and O–H groups in total. The second kappa shape index (κ2) is 26.2. The topological polar surface area (TPSA) is 18.5 Å². The molecule has 0 saturated carbocycles. The Morgan fingerprint density at radius 3 is 0.964 bits per heavy atom. The maximum atomic E-state index is 6.73. The zero-order valence-electron chi connectivity index (χ0n) is 35.5. The molecule has 0 bridgehead atoms. The van der Waals surface area contributed by atoms with E-state index in [0.717, 1.165) is 59.4 Å². The first-order valence-electron chi connectivity index (χ1n) is 20.7. The van der Waals surface area contributed by atoms with Crippen molar-refractivity contribution in [1.82, 2.24) is 0 Å². The first kappa shape index (κ1) is 46.6. The minimum absolute atomic E-state index is 0.662. The van der Waals surface area contributed by atoms with Crippen LogP contribution in [0.2, 0.25) is 0 Å². The van der Waals surface area contributed by atoms with Crippen LogP contribution in [0.5, 0.6) is 11.5 Å². The molecule has 3 aromatic carbocycles. The van der Waals surface area contributed by atoms with Gasteiger partial charge in [-0.25, -0.2) is 0 Å². The van der Waals surface area contributed by atoms with Gasteiger partial charge in [-0.15, -0.1) is 0 Å². The molecule has 2 nitrogen and oxygen atoms in total. The van der Waals surface area contributed by atoms with E-state index in [9.17, 15) is 0 Å². The number of unbranched alkanes of at least 4 members (excludes halogenated alkanes) is 10. The van der Waals surface area contributed by atoms with Crippen LogP contribution in [0.25, 0.3) is 22.3 Å². The molecule has 0 radical (unpaired) electrons. The Labute approximate surface area is 349 Å². The monoisotopic (exact) mass is 958 g/mol. The van der Waals surface area contributed by atoms with Crippen LogP contribution < -0.4 is 16.6 Å². The summed E-state index contributed by atoms with van der Waals surface area (Å²) in [5.74, 6) is 20.7. The summed E-state index contributed by atoms with van der Waals surface area (Å²) in [5, 5.41) is 0. The van der Waals surface area contributed by atoms with Gasteiger partial charge < -0.3 is 0 Å². The predicted octanol–water partition coefficient (Wildman–Crippen LogP) is 11.2. The molecule has 0 aromatic heterocycles. The molecule has 0 heterocycles. The molecule has 0 aliphatic rings. The van der Waals surface area contributed by atoms with Crippen molar-refractivity contribution in [3.63, 3.8) is 0 Å². The van der Waals surface area contributed by atoms with Gasteiger partial charge in [0, 0.05) is 0 Å². The van der Waals surface area contributed by atoms with Crippen LogP contribution in [0.15, 0.2) is 60.7 Å². The standard InChI is InChI=1S/C34H44O2.6C3H3.2Sn/c1-3-5-7-9-11-19-25-35-33-27-32(30-23-17-14-18-24-30)34(36-26-20-12-10-8-6-4-2)28-31(33)29-21-15-13-16-22-29;6*1-3-2;;/h15-18,21-24,27-28H,3-12,19-20,25-26H2,1-2H3;6*1H3;;. The Hall–Kier alpha value is -3.78. The average molecular weight is 956 g/mol. The van der Waals surface area contributed by atoms with Crippen molar-refractivity contribution in [2.24, 2.45) is 0 Å². The van der Waals surface area contributed by atoms with E-state index < -0.39 is 36.8 Å². The molecule has 3 rings (SSSR count). The summed E-state index contributed by atoms with van der Waals surface area (Å²) >= 11 is -7.13. The summed E-state index contributed by atoms with van der Waals surface area (Å²) in [6.45, 7) is 17.2. The first-order valence-corrected chi connectivity index (χ1v) is 32.1. The molecule has 0 atom stereocenters. The number of benzene rings is 3. The number of hydrogen-bond donors (Lipinski definition) is 0. The molecule has 4 heteroatoms. The number of rotatable bonds is 20. The van der Waals surface area contributed by atoms with Gasteiger partial charge in [0.25, 0.3) is 0 Å². The van der Waals surface area contributed by atoms with E-state index in [0.29, 0.717) is 13.2 Å². The molecule has 3 aromatic rings. The number of hydrogen-bond acceptors (Lipinski definition) is 2. The van der Waals surface area contributed by atoms with Crippen molar-refractivity contribution in [1.29, 1.82) is 0 Å². The van der Waals surface area contributed by atoms with Crippen molar-refractivity contribution < 1.29 is 9.47 Å². The zero-order valence-corrected chi connectivity index (χ0v) is 41.2. The van der Waals surface area contributed by atoms with Crippen LogP contribution in [-0.4, -0.2) is 50.0 Å². The van der Waals surface area contributed by atoms with Gasteiger partial charge in [-0.1, -0.05) is 39.5 Å². The predicted molar refractivity (Wildman–Crippen MR) is 247 cm³/mol. The molecule has 290 valence electrons. The average Bonchev–Trinajstić information content (AvgIpc) is 3.21. The fourth-order valence-corrected chi connectivity index (χ4v) is 20.7. The fraction of sp³-hybridized carbons (Fsp3) is 0.423. The first-order chi connectivity index (χ1) is 27.4. The van der Waals surface area contributed by atoms with Gasteiger partial charge in [0.15, 0.2) is 0 Å². The third-order valence-corrected chi connectivity index (χ3v) is 27.3. The molecule has 0 fully saturated rings. The maximum absolute atomic E-state index is 6.73. The van der Waals surface area contributed by atoms with Crippen molar-refractivity contribution >= 4 is 43.9 Å². The minimum atomic E-state index is -3.56. The van der Waals surface area contributed by atoms with Crippen LogP contribution in [0.4, 0.5) is 0 Å². The quantitative estimate of drug-likeness (QED) is 0.0638. The van der Waals surface area contributed by atoms with E-state index in [1.807, 2.05) is 41.5 Å². The molecule has 0 aliphatic carbocycles. The summed E-state index contributed by atoms with van der Waals surface area (Å²) in [6, 6.07) is 21.9. The van der Waals surface area contributed by atoms with Gasteiger partial charge in [-0.3, -0.25) is 0 Å². The SMILES string of the molecule is CC#[C][Sn]([C]#CC)([C]#CC)[c]1ccc(-c2cc(OCCCCCCCC)c(-c3cc[c]([Sn]([C]#CC)([C]#CC)[C]#CC)cc3)cc2OCCCCCCCC)cc1. The van der Waals surface area contributed by atoms with E-state index in [4.69, 9.17) is 9.47 Å². The van der Waals surface area contributed by atoms with E-state index in [2.05, 4.69) is 134 Å². The van der Waals surface area contributed by atoms with E-state index in [1.54, 1.807) is 0 Å². The molecule has 0 unspecified atom stereocenters. The van der Waals surface area contributed by atoms with Crippen LogP contribution >= 0.6 is 0 Å². The van der Waals surface area contributed by atoms with E-state index >= 15 is 0 Å². The van der Waals surface area contributed by atoms with Crippen LogP contribution in [-0.2, 0) is 0 Å². The van der Waals surface area contributed by atoms with Gasteiger partial charge in [0.1, 0.15) is 0 Å². The van der Waals surface area contributed by atoms with E-state index in [1.165, 1.54) is 58.5 Å². The van der Waals surface area contributed by atoms with Gasteiger partial charge in [0.05, 0.1) is 0 Å². The number of ether oxygens (including phenoxy) is 2. The van der Waals surface area contributed by atoms with Gasteiger partial charge in [-0.05, 0) is 0 Å².